The van der Waals surface area contributed by atoms with E-state index in [0.29, 0.717) is 5.95 Å². The van der Waals surface area contributed by atoms with Crippen molar-refractivity contribution in [1.82, 2.24) is 19.7 Å². The van der Waals surface area contributed by atoms with Crippen LogP contribution in [0.15, 0.2) is 23.1 Å². The van der Waals surface area contributed by atoms with Crippen LogP contribution in [-0.4, -0.2) is 19.7 Å². The number of aryl methyl sites for hydroxylation is 2. The lowest BCUT2D eigenvalue weighted by Gasteiger charge is -2.01. The van der Waals surface area contributed by atoms with Gasteiger partial charge in [0.25, 0.3) is 0 Å². The molecule has 0 aliphatic rings. The zero-order valence-electron chi connectivity index (χ0n) is 11.2. The normalized spacial score (nSPS) is 11.2. The van der Waals surface area contributed by atoms with Crippen molar-refractivity contribution in [2.24, 2.45) is 0 Å². The van der Waals surface area contributed by atoms with Gasteiger partial charge in [0.15, 0.2) is 0 Å². The maximum absolute atomic E-state index is 4.55. The van der Waals surface area contributed by atoms with Gasteiger partial charge in [0.1, 0.15) is 5.52 Å². The molecule has 3 aromatic rings. The molecule has 0 atom stereocenters. The number of nitrogens with zero attached hydrogens (tertiary/aromatic N) is 4. The van der Waals surface area contributed by atoms with Crippen molar-refractivity contribution in [2.75, 3.05) is 5.32 Å². The fraction of sp³-hybridized carbons (Fsp3) is 0.308. The first-order valence-corrected chi connectivity index (χ1v) is 7.99. The van der Waals surface area contributed by atoms with Gasteiger partial charge in [0.2, 0.25) is 5.95 Å². The summed E-state index contributed by atoms with van der Waals surface area (Å²) in [6.45, 7) is 5.11. The first kappa shape index (κ1) is 13.5. The Hall–Kier alpha value is -1.47. The van der Waals surface area contributed by atoms with Crippen LogP contribution in [0.5, 0.6) is 0 Å². The van der Waals surface area contributed by atoms with E-state index in [4.69, 9.17) is 0 Å². The number of hydrogen-bond donors (Lipinski definition) is 1. The van der Waals surface area contributed by atoms with Crippen molar-refractivity contribution in [3.05, 3.63) is 27.9 Å². The van der Waals surface area contributed by atoms with Gasteiger partial charge in [0.05, 0.1) is 27.3 Å². The molecule has 3 rings (SSSR count). The van der Waals surface area contributed by atoms with Crippen LogP contribution < -0.4 is 5.32 Å². The second-order valence-corrected chi connectivity index (χ2v) is 6.55. The molecule has 0 spiro atoms. The molecule has 0 unspecified atom stereocenters. The molecule has 0 radical (unpaired) electrons. The van der Waals surface area contributed by atoms with Crippen LogP contribution in [0.4, 0.5) is 11.6 Å². The van der Waals surface area contributed by atoms with Crippen LogP contribution in [0.1, 0.15) is 18.2 Å². The van der Waals surface area contributed by atoms with E-state index in [2.05, 4.69) is 50.2 Å². The highest BCUT2D eigenvalue weighted by molar-refractivity contribution is 9.10. The zero-order chi connectivity index (χ0) is 14.1. The summed E-state index contributed by atoms with van der Waals surface area (Å²) in [4.78, 5) is 10.1. The van der Waals surface area contributed by atoms with Gasteiger partial charge in [-0.25, -0.2) is 9.97 Å². The Morgan fingerprint density at radius 2 is 2.25 bits per heavy atom. The molecule has 1 N–H and O–H groups in total. The van der Waals surface area contributed by atoms with Gasteiger partial charge in [-0.1, -0.05) is 6.92 Å². The molecule has 5 nitrogen and oxygen atoms in total. The number of halogens is 1. The van der Waals surface area contributed by atoms with Crippen LogP contribution in [0, 0.1) is 6.92 Å². The maximum atomic E-state index is 4.55. The number of anilines is 2. The number of hydrogen-bond acceptors (Lipinski definition) is 5. The van der Waals surface area contributed by atoms with Crippen LogP contribution >= 0.6 is 27.3 Å². The van der Waals surface area contributed by atoms with E-state index >= 15 is 0 Å². The molecular weight excluding hydrogens is 338 g/mol. The molecule has 0 saturated carbocycles. The molecule has 0 saturated heterocycles. The highest BCUT2D eigenvalue weighted by atomic mass is 79.9. The van der Waals surface area contributed by atoms with E-state index in [1.165, 1.54) is 4.88 Å². The Morgan fingerprint density at radius 3 is 3.05 bits per heavy atom. The number of rotatable bonds is 4. The van der Waals surface area contributed by atoms with Gasteiger partial charge >= 0.3 is 0 Å². The van der Waals surface area contributed by atoms with Gasteiger partial charge in [-0.2, -0.15) is 5.10 Å². The second kappa shape index (κ2) is 5.49. The highest BCUT2D eigenvalue weighted by Crippen LogP contribution is 2.33. The summed E-state index contributed by atoms with van der Waals surface area (Å²) in [5.41, 5.74) is 1.85. The lowest BCUT2D eigenvalue weighted by Crippen LogP contribution is -1.97. The average Bonchev–Trinajstić information content (AvgIpc) is 2.97. The molecule has 0 aliphatic carbocycles. The summed E-state index contributed by atoms with van der Waals surface area (Å²) in [7, 11) is 0. The van der Waals surface area contributed by atoms with Crippen molar-refractivity contribution in [2.45, 2.75) is 26.8 Å². The number of fused-ring (bicyclic) bond motifs is 1. The monoisotopic (exact) mass is 351 g/mol. The fourth-order valence-electron chi connectivity index (χ4n) is 1.95. The predicted octanol–water partition coefficient (Wildman–Crippen LogP) is 4.11. The molecule has 7 heteroatoms. The van der Waals surface area contributed by atoms with Crippen molar-refractivity contribution in [3.8, 4) is 0 Å². The lowest BCUT2D eigenvalue weighted by atomic mass is 10.4. The van der Waals surface area contributed by atoms with Crippen molar-refractivity contribution >= 4 is 49.1 Å². The Kier molecular flexibility index (Phi) is 3.71. The van der Waals surface area contributed by atoms with E-state index in [1.54, 1.807) is 17.5 Å². The van der Waals surface area contributed by atoms with Crippen molar-refractivity contribution < 1.29 is 0 Å². The molecule has 0 aromatic carbocycles. The van der Waals surface area contributed by atoms with E-state index in [9.17, 15) is 0 Å². The number of aromatic nitrogens is 4. The first-order chi connectivity index (χ1) is 9.67. The molecule has 3 heterocycles. The summed E-state index contributed by atoms with van der Waals surface area (Å²) in [6, 6.07) is 0. The minimum absolute atomic E-state index is 0.590. The third-order valence-corrected chi connectivity index (χ3v) is 5.14. The number of thiophene rings is 1. The van der Waals surface area contributed by atoms with Gasteiger partial charge < -0.3 is 5.32 Å². The SMILES string of the molecule is CCCn1cc(Nc2ncc3sc(C)c(Br)c3n2)cn1. The van der Waals surface area contributed by atoms with Gasteiger partial charge in [-0.3, -0.25) is 4.68 Å². The van der Waals surface area contributed by atoms with Crippen LogP contribution in [0.3, 0.4) is 0 Å². The molecule has 104 valence electrons. The van der Waals surface area contributed by atoms with Crippen LogP contribution in [-0.2, 0) is 6.54 Å². The van der Waals surface area contributed by atoms with Crippen LogP contribution in [0.2, 0.25) is 0 Å². The summed E-state index contributed by atoms with van der Waals surface area (Å²) in [5.74, 6) is 0.590. The molecule has 0 aliphatic heterocycles. The van der Waals surface area contributed by atoms with E-state index in [1.807, 2.05) is 17.1 Å². The molecule has 3 aromatic heterocycles. The van der Waals surface area contributed by atoms with Gasteiger partial charge in [-0.05, 0) is 29.3 Å². The van der Waals surface area contributed by atoms with E-state index < -0.39 is 0 Å². The van der Waals surface area contributed by atoms with Crippen molar-refractivity contribution in [1.29, 1.82) is 0 Å². The largest absolute Gasteiger partial charge is 0.321 e. The zero-order valence-corrected chi connectivity index (χ0v) is 13.6. The fourth-order valence-corrected chi connectivity index (χ4v) is 3.49. The third kappa shape index (κ3) is 2.55. The standard InChI is InChI=1S/C13H14BrN5S/c1-3-4-19-7-9(5-16-19)17-13-15-6-10-12(18-13)11(14)8(2)20-10/h5-7H,3-4H2,1-2H3,(H,15,17,18). The summed E-state index contributed by atoms with van der Waals surface area (Å²) < 4.78 is 4.04. The molecule has 20 heavy (non-hydrogen) atoms. The molecule has 0 fully saturated rings. The number of nitrogens with one attached hydrogen (secondary N) is 1. The summed E-state index contributed by atoms with van der Waals surface area (Å²) >= 11 is 5.26. The topological polar surface area (TPSA) is 55.6 Å². The minimum atomic E-state index is 0.590. The quantitative estimate of drug-likeness (QED) is 0.768. The summed E-state index contributed by atoms with van der Waals surface area (Å²) in [5, 5.41) is 7.47. The van der Waals surface area contributed by atoms with E-state index in [-0.39, 0.29) is 0 Å². The van der Waals surface area contributed by atoms with Crippen LogP contribution in [0.25, 0.3) is 10.2 Å². The molecule has 0 amide bonds. The van der Waals surface area contributed by atoms with Gasteiger partial charge in [-0.15, -0.1) is 11.3 Å². The van der Waals surface area contributed by atoms with Crippen molar-refractivity contribution in [3.63, 3.8) is 0 Å². The highest BCUT2D eigenvalue weighted by Gasteiger charge is 2.10. The van der Waals surface area contributed by atoms with Gasteiger partial charge in [0, 0.05) is 17.6 Å². The maximum Gasteiger partial charge on any atom is 0.227 e. The molecule has 0 bridgehead atoms. The Bertz CT molecular complexity index is 748. The van der Waals surface area contributed by atoms with E-state index in [0.717, 1.165) is 33.3 Å². The Balaban J connectivity index is 1.88. The predicted molar refractivity (Wildman–Crippen MR) is 85.7 cm³/mol. The summed E-state index contributed by atoms with van der Waals surface area (Å²) in [6.07, 6.45) is 6.66. The second-order valence-electron chi connectivity index (χ2n) is 4.50. The average molecular weight is 352 g/mol. The Labute approximate surface area is 129 Å². The molecular formula is C13H14BrN5S. The first-order valence-electron chi connectivity index (χ1n) is 6.38. The Morgan fingerprint density at radius 1 is 1.40 bits per heavy atom. The minimum Gasteiger partial charge on any atom is -0.321 e. The lowest BCUT2D eigenvalue weighted by molar-refractivity contribution is 0.603. The third-order valence-electron chi connectivity index (χ3n) is 2.88. The smallest absolute Gasteiger partial charge is 0.227 e.